The Balaban J connectivity index is 2.01. The topological polar surface area (TPSA) is 34.1 Å². The molecule has 1 aromatic carbocycles. The third-order valence-corrected chi connectivity index (χ3v) is 3.18. The molecule has 1 N–H and O–H groups in total. The van der Waals surface area contributed by atoms with Gasteiger partial charge in [-0.15, -0.1) is 0 Å². The summed E-state index contributed by atoms with van der Waals surface area (Å²) in [6.07, 6.45) is 0. The molecule has 0 fully saturated rings. The average molecular weight is 339 g/mol. The van der Waals surface area contributed by atoms with Gasteiger partial charge in [-0.2, -0.15) is 0 Å². The summed E-state index contributed by atoms with van der Waals surface area (Å²) in [5.74, 6) is -0.157. The first-order chi connectivity index (χ1) is 9.69. The number of ether oxygens (including phenoxy) is 1. The summed E-state index contributed by atoms with van der Waals surface area (Å²) in [7, 11) is 0. The highest BCUT2D eigenvalue weighted by Gasteiger charge is 2.05. The summed E-state index contributed by atoms with van der Waals surface area (Å²) >= 11 is 3.29. The van der Waals surface area contributed by atoms with E-state index < -0.39 is 0 Å². The van der Waals surface area contributed by atoms with Crippen LogP contribution in [0.2, 0.25) is 0 Å². The highest BCUT2D eigenvalue weighted by molar-refractivity contribution is 9.10. The van der Waals surface area contributed by atoms with E-state index >= 15 is 0 Å². The minimum Gasteiger partial charge on any atom is -0.484 e. The maximum absolute atomic E-state index is 13.5. The van der Waals surface area contributed by atoms with Crippen molar-refractivity contribution in [2.75, 3.05) is 6.54 Å². The summed E-state index contributed by atoms with van der Waals surface area (Å²) in [5, 5.41) is 3.21. The first kappa shape index (κ1) is 14.9. The molecule has 1 heterocycles. The molecular weight excluding hydrogens is 323 g/mol. The minimum atomic E-state index is -0.378. The van der Waals surface area contributed by atoms with Gasteiger partial charge in [-0.3, -0.25) is 4.98 Å². The molecule has 0 aliphatic carbocycles. The summed E-state index contributed by atoms with van der Waals surface area (Å²) in [6.45, 7) is 3.90. The van der Waals surface area contributed by atoms with Crippen molar-refractivity contribution in [3.05, 3.63) is 58.1 Å². The highest BCUT2D eigenvalue weighted by Crippen LogP contribution is 2.22. The normalized spacial score (nSPS) is 10.6. The lowest BCUT2D eigenvalue weighted by Crippen LogP contribution is -2.13. The van der Waals surface area contributed by atoms with E-state index in [1.54, 1.807) is 12.1 Å². The van der Waals surface area contributed by atoms with Crippen LogP contribution in [-0.4, -0.2) is 11.5 Å². The Bertz CT molecular complexity index is 578. The summed E-state index contributed by atoms with van der Waals surface area (Å²) in [4.78, 5) is 4.46. The number of hydrogen-bond donors (Lipinski definition) is 1. The van der Waals surface area contributed by atoms with Crippen LogP contribution in [0.4, 0.5) is 4.39 Å². The van der Waals surface area contributed by atoms with Crippen molar-refractivity contribution in [3.8, 4) is 5.75 Å². The summed E-state index contributed by atoms with van der Waals surface area (Å²) < 4.78 is 19.8. The quantitative estimate of drug-likeness (QED) is 0.872. The van der Waals surface area contributed by atoms with Crippen LogP contribution in [-0.2, 0) is 13.2 Å². The number of nitrogens with zero attached hydrogens (tertiary/aromatic N) is 1. The van der Waals surface area contributed by atoms with Gasteiger partial charge in [0.2, 0.25) is 0 Å². The second-order valence-corrected chi connectivity index (χ2v) is 5.18. The number of aromatic nitrogens is 1. The van der Waals surface area contributed by atoms with Crippen molar-refractivity contribution in [2.24, 2.45) is 0 Å². The molecule has 2 rings (SSSR count). The van der Waals surface area contributed by atoms with Gasteiger partial charge in [-0.25, -0.2) is 4.39 Å². The van der Waals surface area contributed by atoms with Crippen molar-refractivity contribution in [2.45, 2.75) is 20.1 Å². The van der Waals surface area contributed by atoms with Gasteiger partial charge in [0.25, 0.3) is 0 Å². The van der Waals surface area contributed by atoms with E-state index in [0.717, 1.165) is 29.0 Å². The van der Waals surface area contributed by atoms with Gasteiger partial charge in [0.1, 0.15) is 6.61 Å². The molecule has 0 aliphatic heterocycles. The van der Waals surface area contributed by atoms with Crippen molar-refractivity contribution in [3.63, 3.8) is 0 Å². The van der Waals surface area contributed by atoms with E-state index in [1.165, 1.54) is 6.07 Å². The molecule has 0 aliphatic rings. The van der Waals surface area contributed by atoms with E-state index in [9.17, 15) is 4.39 Å². The average Bonchev–Trinajstić information content (AvgIpc) is 2.46. The Hall–Kier alpha value is -1.46. The molecule has 1 aromatic heterocycles. The number of nitrogens with one attached hydrogen (secondary N) is 1. The molecule has 0 radical (unpaired) electrons. The molecular formula is C15H16BrFN2O. The molecule has 0 atom stereocenters. The molecule has 0 unspecified atom stereocenters. The first-order valence-electron chi connectivity index (χ1n) is 6.42. The number of pyridine rings is 1. The van der Waals surface area contributed by atoms with Crippen LogP contribution in [0.3, 0.4) is 0 Å². The predicted octanol–water partition coefficient (Wildman–Crippen LogP) is 3.67. The zero-order valence-corrected chi connectivity index (χ0v) is 12.8. The number of hydrogen-bond acceptors (Lipinski definition) is 3. The second kappa shape index (κ2) is 7.36. The lowest BCUT2D eigenvalue weighted by molar-refractivity contribution is 0.285. The smallest absolute Gasteiger partial charge is 0.165 e. The molecule has 3 nitrogen and oxygen atoms in total. The van der Waals surface area contributed by atoms with Crippen LogP contribution in [0.25, 0.3) is 0 Å². The second-order valence-electron chi connectivity index (χ2n) is 4.26. The van der Waals surface area contributed by atoms with Crippen LogP contribution in [0.5, 0.6) is 5.75 Å². The van der Waals surface area contributed by atoms with E-state index in [1.807, 2.05) is 25.1 Å². The van der Waals surface area contributed by atoms with Gasteiger partial charge in [0, 0.05) is 11.0 Å². The van der Waals surface area contributed by atoms with Crippen LogP contribution in [0.15, 0.2) is 40.9 Å². The SMILES string of the molecule is CCNCc1cccc(COc2cc(Br)ccc2F)n1. The van der Waals surface area contributed by atoms with E-state index in [0.29, 0.717) is 0 Å². The van der Waals surface area contributed by atoms with E-state index in [2.05, 4.69) is 26.2 Å². The zero-order valence-electron chi connectivity index (χ0n) is 11.2. The lowest BCUT2D eigenvalue weighted by Gasteiger charge is -2.08. The summed E-state index contributed by atoms with van der Waals surface area (Å²) in [6, 6.07) is 10.4. The lowest BCUT2D eigenvalue weighted by atomic mass is 10.3. The fraction of sp³-hybridized carbons (Fsp3) is 0.267. The van der Waals surface area contributed by atoms with Gasteiger partial charge in [0.15, 0.2) is 11.6 Å². The van der Waals surface area contributed by atoms with Gasteiger partial charge in [-0.1, -0.05) is 28.9 Å². The van der Waals surface area contributed by atoms with Gasteiger partial charge >= 0.3 is 0 Å². The fourth-order valence-electron chi connectivity index (χ4n) is 1.70. The van der Waals surface area contributed by atoms with Crippen molar-refractivity contribution < 1.29 is 9.13 Å². The van der Waals surface area contributed by atoms with Crippen LogP contribution in [0, 0.1) is 5.82 Å². The van der Waals surface area contributed by atoms with Crippen LogP contribution < -0.4 is 10.1 Å². The van der Waals surface area contributed by atoms with E-state index in [-0.39, 0.29) is 18.2 Å². The molecule has 2 aromatic rings. The maximum atomic E-state index is 13.5. The molecule has 5 heteroatoms. The molecule has 0 spiro atoms. The molecule has 20 heavy (non-hydrogen) atoms. The largest absolute Gasteiger partial charge is 0.484 e. The molecule has 106 valence electrons. The Morgan fingerprint density at radius 1 is 1.25 bits per heavy atom. The summed E-state index contributed by atoms with van der Waals surface area (Å²) in [5.41, 5.74) is 1.72. The monoisotopic (exact) mass is 338 g/mol. The van der Waals surface area contributed by atoms with E-state index in [4.69, 9.17) is 4.74 Å². The highest BCUT2D eigenvalue weighted by atomic mass is 79.9. The fourth-order valence-corrected chi connectivity index (χ4v) is 2.04. The number of benzene rings is 1. The number of halogens is 2. The van der Waals surface area contributed by atoms with Gasteiger partial charge < -0.3 is 10.1 Å². The van der Waals surface area contributed by atoms with Gasteiger partial charge in [0.05, 0.1) is 11.4 Å². The third-order valence-electron chi connectivity index (χ3n) is 2.69. The Morgan fingerprint density at radius 2 is 2.05 bits per heavy atom. The van der Waals surface area contributed by atoms with Crippen LogP contribution in [0.1, 0.15) is 18.3 Å². The zero-order chi connectivity index (χ0) is 14.4. The number of rotatable bonds is 6. The Kier molecular flexibility index (Phi) is 5.49. The molecule has 0 bridgehead atoms. The van der Waals surface area contributed by atoms with Crippen molar-refractivity contribution in [1.82, 2.24) is 10.3 Å². The van der Waals surface area contributed by atoms with Crippen molar-refractivity contribution in [1.29, 1.82) is 0 Å². The van der Waals surface area contributed by atoms with Crippen LogP contribution >= 0.6 is 15.9 Å². The minimum absolute atomic E-state index is 0.221. The standard InChI is InChI=1S/C15H16BrFN2O/c1-2-18-9-12-4-3-5-13(19-12)10-20-15-8-11(16)6-7-14(15)17/h3-8,18H,2,9-10H2,1H3. The van der Waals surface area contributed by atoms with Crippen molar-refractivity contribution >= 4 is 15.9 Å². The Morgan fingerprint density at radius 3 is 2.85 bits per heavy atom. The maximum Gasteiger partial charge on any atom is 0.165 e. The predicted molar refractivity (Wildman–Crippen MR) is 80.0 cm³/mol. The Labute approximate surface area is 126 Å². The molecule has 0 amide bonds. The molecule has 0 saturated heterocycles. The first-order valence-corrected chi connectivity index (χ1v) is 7.21. The van der Waals surface area contributed by atoms with Gasteiger partial charge in [-0.05, 0) is 36.9 Å². The molecule has 0 saturated carbocycles. The third kappa shape index (κ3) is 4.28.